The first-order valence-corrected chi connectivity index (χ1v) is 6.33. The second-order valence-electron chi connectivity index (χ2n) is 5.07. The first-order valence-electron chi connectivity index (χ1n) is 6.33. The van der Waals surface area contributed by atoms with Gasteiger partial charge in [-0.15, -0.1) is 0 Å². The minimum absolute atomic E-state index is 0.462. The maximum atomic E-state index is 5.88. The third kappa shape index (κ3) is 2.71. The van der Waals surface area contributed by atoms with Gasteiger partial charge in [0, 0.05) is 25.7 Å². The molecule has 1 heterocycles. The van der Waals surface area contributed by atoms with Crippen LogP contribution < -0.4 is 5.73 Å². The van der Waals surface area contributed by atoms with Crippen molar-refractivity contribution in [2.45, 2.75) is 44.2 Å². The smallest absolute Gasteiger partial charge is 0.0702 e. The van der Waals surface area contributed by atoms with E-state index in [-0.39, 0.29) is 0 Å². The Morgan fingerprint density at radius 1 is 1.33 bits per heavy atom. The van der Waals surface area contributed by atoms with Crippen LogP contribution in [0.2, 0.25) is 0 Å². The standard InChI is InChI=1S/C12H24N2O/c1-14(9-11-6-3-7-15-11)12(8-13)10-4-2-5-10/h10-12H,2-9,13H2,1H3. The Hall–Kier alpha value is -0.120. The molecule has 2 atom stereocenters. The average Bonchev–Trinajstić information content (AvgIpc) is 2.63. The summed E-state index contributed by atoms with van der Waals surface area (Å²) in [5.74, 6) is 0.849. The zero-order valence-corrected chi connectivity index (χ0v) is 9.82. The van der Waals surface area contributed by atoms with Gasteiger partial charge in [0.1, 0.15) is 0 Å². The second kappa shape index (κ2) is 5.28. The Morgan fingerprint density at radius 2 is 2.13 bits per heavy atom. The molecule has 2 aliphatic rings. The van der Waals surface area contributed by atoms with E-state index in [9.17, 15) is 0 Å². The van der Waals surface area contributed by atoms with Crippen LogP contribution in [0.5, 0.6) is 0 Å². The van der Waals surface area contributed by atoms with Crippen LogP contribution >= 0.6 is 0 Å². The molecule has 1 aliphatic heterocycles. The van der Waals surface area contributed by atoms with Crippen LogP contribution in [0.15, 0.2) is 0 Å². The maximum absolute atomic E-state index is 5.88. The van der Waals surface area contributed by atoms with Crippen molar-refractivity contribution in [1.82, 2.24) is 4.90 Å². The lowest BCUT2D eigenvalue weighted by atomic mass is 9.79. The van der Waals surface area contributed by atoms with Crippen molar-refractivity contribution in [2.24, 2.45) is 11.7 Å². The van der Waals surface area contributed by atoms with Gasteiger partial charge in [0.25, 0.3) is 0 Å². The normalized spacial score (nSPS) is 29.4. The SMILES string of the molecule is CN(CC1CCCO1)C(CN)C1CCC1. The largest absolute Gasteiger partial charge is 0.377 e. The molecule has 88 valence electrons. The van der Waals surface area contributed by atoms with Crippen LogP contribution in [-0.2, 0) is 4.74 Å². The van der Waals surface area contributed by atoms with E-state index < -0.39 is 0 Å². The molecule has 2 fully saturated rings. The van der Waals surface area contributed by atoms with Crippen molar-refractivity contribution in [1.29, 1.82) is 0 Å². The van der Waals surface area contributed by atoms with E-state index in [2.05, 4.69) is 11.9 Å². The third-order valence-corrected chi connectivity index (χ3v) is 4.02. The highest BCUT2D eigenvalue weighted by molar-refractivity contribution is 4.85. The molecular formula is C12H24N2O. The molecule has 2 unspecified atom stereocenters. The Labute approximate surface area is 93.0 Å². The van der Waals surface area contributed by atoms with E-state index in [0.29, 0.717) is 12.1 Å². The summed E-state index contributed by atoms with van der Waals surface area (Å²) in [6.45, 7) is 2.82. The Kier molecular flexibility index (Phi) is 4.00. The van der Waals surface area contributed by atoms with Crippen molar-refractivity contribution >= 4 is 0 Å². The van der Waals surface area contributed by atoms with E-state index in [4.69, 9.17) is 10.5 Å². The molecule has 0 spiro atoms. The van der Waals surface area contributed by atoms with E-state index in [1.807, 2.05) is 0 Å². The summed E-state index contributed by atoms with van der Waals surface area (Å²) in [6.07, 6.45) is 7.07. The molecule has 0 radical (unpaired) electrons. The molecule has 0 aromatic heterocycles. The van der Waals surface area contributed by atoms with Crippen LogP contribution in [0, 0.1) is 5.92 Å². The fourth-order valence-corrected chi connectivity index (χ4v) is 2.80. The number of likely N-dealkylation sites (N-methyl/N-ethyl adjacent to an activating group) is 1. The lowest BCUT2D eigenvalue weighted by Crippen LogP contribution is -2.48. The zero-order chi connectivity index (χ0) is 10.7. The zero-order valence-electron chi connectivity index (χ0n) is 9.82. The molecule has 15 heavy (non-hydrogen) atoms. The van der Waals surface area contributed by atoms with Gasteiger partial charge in [-0.25, -0.2) is 0 Å². The number of hydrogen-bond acceptors (Lipinski definition) is 3. The highest BCUT2D eigenvalue weighted by Crippen LogP contribution is 2.31. The van der Waals surface area contributed by atoms with E-state index in [1.54, 1.807) is 0 Å². The number of nitrogens with zero attached hydrogens (tertiary/aromatic N) is 1. The highest BCUT2D eigenvalue weighted by atomic mass is 16.5. The van der Waals surface area contributed by atoms with Crippen molar-refractivity contribution in [2.75, 3.05) is 26.7 Å². The lowest BCUT2D eigenvalue weighted by Gasteiger charge is -2.39. The first-order chi connectivity index (χ1) is 7.31. The van der Waals surface area contributed by atoms with Gasteiger partial charge in [0.15, 0.2) is 0 Å². The number of nitrogens with two attached hydrogens (primary N) is 1. The highest BCUT2D eigenvalue weighted by Gasteiger charge is 2.30. The Balaban J connectivity index is 1.78. The monoisotopic (exact) mass is 212 g/mol. The number of hydrogen-bond donors (Lipinski definition) is 1. The molecule has 0 aromatic rings. The van der Waals surface area contributed by atoms with Gasteiger partial charge in [-0.1, -0.05) is 6.42 Å². The van der Waals surface area contributed by atoms with Crippen LogP contribution in [0.1, 0.15) is 32.1 Å². The summed E-state index contributed by atoms with van der Waals surface area (Å²) in [5, 5.41) is 0. The summed E-state index contributed by atoms with van der Waals surface area (Å²) >= 11 is 0. The van der Waals surface area contributed by atoms with Gasteiger partial charge in [0.05, 0.1) is 6.10 Å². The molecule has 2 N–H and O–H groups in total. The second-order valence-corrected chi connectivity index (χ2v) is 5.07. The van der Waals surface area contributed by atoms with E-state index >= 15 is 0 Å². The molecule has 1 saturated carbocycles. The minimum Gasteiger partial charge on any atom is -0.377 e. The van der Waals surface area contributed by atoms with E-state index in [1.165, 1.54) is 32.1 Å². The quantitative estimate of drug-likeness (QED) is 0.745. The summed E-state index contributed by atoms with van der Waals surface area (Å²) in [5.41, 5.74) is 5.88. The molecule has 0 aromatic carbocycles. The van der Waals surface area contributed by atoms with Crippen molar-refractivity contribution in [3.8, 4) is 0 Å². The van der Waals surface area contributed by atoms with Gasteiger partial charge < -0.3 is 10.5 Å². The van der Waals surface area contributed by atoms with Gasteiger partial charge in [-0.2, -0.15) is 0 Å². The average molecular weight is 212 g/mol. The molecule has 2 rings (SSSR count). The molecular weight excluding hydrogens is 188 g/mol. The fourth-order valence-electron chi connectivity index (χ4n) is 2.80. The topological polar surface area (TPSA) is 38.5 Å². The summed E-state index contributed by atoms with van der Waals surface area (Å²) in [4.78, 5) is 2.43. The van der Waals surface area contributed by atoms with Crippen molar-refractivity contribution < 1.29 is 4.74 Å². The van der Waals surface area contributed by atoms with Crippen LogP contribution in [-0.4, -0.2) is 43.8 Å². The maximum Gasteiger partial charge on any atom is 0.0702 e. The fraction of sp³-hybridized carbons (Fsp3) is 1.00. The van der Waals surface area contributed by atoms with Gasteiger partial charge in [-0.05, 0) is 38.6 Å². The van der Waals surface area contributed by atoms with Crippen molar-refractivity contribution in [3.05, 3.63) is 0 Å². The molecule has 3 nitrogen and oxygen atoms in total. The minimum atomic E-state index is 0.462. The predicted octanol–water partition coefficient (Wildman–Crippen LogP) is 1.22. The van der Waals surface area contributed by atoms with Gasteiger partial charge >= 0.3 is 0 Å². The predicted molar refractivity (Wildman–Crippen MR) is 61.8 cm³/mol. The summed E-state index contributed by atoms with van der Waals surface area (Å²) in [7, 11) is 2.21. The van der Waals surface area contributed by atoms with Crippen LogP contribution in [0.4, 0.5) is 0 Å². The first kappa shape index (κ1) is 11.4. The molecule has 0 bridgehead atoms. The Bertz CT molecular complexity index is 188. The Morgan fingerprint density at radius 3 is 2.60 bits per heavy atom. The lowest BCUT2D eigenvalue weighted by molar-refractivity contribution is 0.0459. The summed E-state index contributed by atoms with van der Waals surface area (Å²) < 4.78 is 5.67. The van der Waals surface area contributed by atoms with Gasteiger partial charge in [0.2, 0.25) is 0 Å². The van der Waals surface area contributed by atoms with Gasteiger partial charge in [-0.3, -0.25) is 4.90 Å². The van der Waals surface area contributed by atoms with Crippen LogP contribution in [0.3, 0.4) is 0 Å². The summed E-state index contributed by atoms with van der Waals surface area (Å²) in [6, 6.07) is 0.586. The molecule has 1 aliphatic carbocycles. The molecule has 0 amide bonds. The molecule has 3 heteroatoms. The van der Waals surface area contributed by atoms with E-state index in [0.717, 1.165) is 25.6 Å². The molecule has 1 saturated heterocycles. The third-order valence-electron chi connectivity index (χ3n) is 4.02. The van der Waals surface area contributed by atoms with Crippen LogP contribution in [0.25, 0.3) is 0 Å². The number of rotatable bonds is 5. The van der Waals surface area contributed by atoms with Crippen molar-refractivity contribution in [3.63, 3.8) is 0 Å². The number of ether oxygens (including phenoxy) is 1.